The van der Waals surface area contributed by atoms with Crippen molar-refractivity contribution < 1.29 is 4.79 Å². The largest absolute Gasteiger partial charge is 0.294 e. The molecule has 0 amide bonds. The molecule has 1 aromatic carbocycles. The number of carbonyl (C=O) groups excluding carboxylic acids is 1. The summed E-state index contributed by atoms with van der Waals surface area (Å²) in [4.78, 5) is 16.0. The van der Waals surface area contributed by atoms with Gasteiger partial charge in [0.2, 0.25) is 0 Å². The van der Waals surface area contributed by atoms with E-state index in [1.807, 2.05) is 18.2 Å². The second-order valence-corrected chi connectivity index (χ2v) is 4.47. The van der Waals surface area contributed by atoms with Gasteiger partial charge in [-0.05, 0) is 35.6 Å². The predicted octanol–water partition coefficient (Wildman–Crippen LogP) is 2.99. The first-order chi connectivity index (χ1) is 8.34. The first-order valence-corrected chi connectivity index (χ1v) is 5.85. The summed E-state index contributed by atoms with van der Waals surface area (Å²) in [5, 5.41) is 0. The van der Waals surface area contributed by atoms with Crippen LogP contribution in [0.2, 0.25) is 0 Å². The van der Waals surface area contributed by atoms with Crippen molar-refractivity contribution in [1.82, 2.24) is 4.98 Å². The van der Waals surface area contributed by atoms with Gasteiger partial charge in [0.1, 0.15) is 0 Å². The van der Waals surface area contributed by atoms with Crippen molar-refractivity contribution in [2.24, 2.45) is 0 Å². The van der Waals surface area contributed by atoms with Crippen LogP contribution in [-0.4, -0.2) is 10.8 Å². The lowest BCUT2D eigenvalue weighted by Gasteiger charge is -2.29. The Balaban J connectivity index is 1.73. The van der Waals surface area contributed by atoms with Gasteiger partial charge in [0.05, 0.1) is 0 Å². The van der Waals surface area contributed by atoms with Crippen LogP contribution in [0.5, 0.6) is 0 Å². The van der Waals surface area contributed by atoms with E-state index in [1.165, 1.54) is 11.1 Å². The van der Waals surface area contributed by atoms with Crippen molar-refractivity contribution in [3.05, 3.63) is 65.5 Å². The Hall–Kier alpha value is -1.96. The van der Waals surface area contributed by atoms with E-state index in [1.54, 1.807) is 12.4 Å². The molecule has 0 bridgehead atoms. The average Bonchev–Trinajstić information content (AvgIpc) is 2.37. The molecule has 2 aromatic rings. The van der Waals surface area contributed by atoms with Gasteiger partial charge in [-0.3, -0.25) is 9.78 Å². The van der Waals surface area contributed by atoms with Crippen molar-refractivity contribution in [3.63, 3.8) is 0 Å². The Morgan fingerprint density at radius 3 is 2.88 bits per heavy atom. The van der Waals surface area contributed by atoms with E-state index in [0.29, 0.717) is 12.3 Å². The first-order valence-electron chi connectivity index (χ1n) is 5.85. The first kappa shape index (κ1) is 10.2. The molecule has 1 atom stereocenters. The van der Waals surface area contributed by atoms with E-state index < -0.39 is 0 Å². The minimum absolute atomic E-state index is 0.192. The van der Waals surface area contributed by atoms with E-state index in [9.17, 15) is 4.79 Å². The van der Waals surface area contributed by atoms with Crippen LogP contribution in [0, 0.1) is 0 Å². The van der Waals surface area contributed by atoms with E-state index in [2.05, 4.69) is 23.2 Å². The molecule has 0 fully saturated rings. The summed E-state index contributed by atoms with van der Waals surface area (Å²) in [7, 11) is 0. The standard InChI is InChI=1S/C15H13NO/c17-15(12-5-3-7-16-10-12)9-13-8-11-4-1-2-6-14(11)13/h1-7,10,13H,8-9H2. The minimum Gasteiger partial charge on any atom is -0.294 e. The second kappa shape index (κ2) is 4.13. The number of Topliss-reactive ketones (excluding diaryl/α,β-unsaturated/α-hetero) is 1. The Kier molecular flexibility index (Phi) is 2.48. The fraction of sp³-hybridized carbons (Fsp3) is 0.200. The number of aromatic nitrogens is 1. The molecule has 2 nitrogen and oxygen atoms in total. The summed E-state index contributed by atoms with van der Waals surface area (Å²) in [6.45, 7) is 0. The molecule has 1 aromatic heterocycles. The molecule has 0 radical (unpaired) electrons. The van der Waals surface area contributed by atoms with Crippen molar-refractivity contribution in [3.8, 4) is 0 Å². The van der Waals surface area contributed by atoms with Crippen molar-refractivity contribution in [1.29, 1.82) is 0 Å². The Morgan fingerprint density at radius 2 is 2.12 bits per heavy atom. The number of fused-ring (bicyclic) bond motifs is 1. The molecule has 2 heteroatoms. The molecule has 1 aliphatic rings. The van der Waals surface area contributed by atoms with Gasteiger partial charge < -0.3 is 0 Å². The van der Waals surface area contributed by atoms with Gasteiger partial charge in [-0.2, -0.15) is 0 Å². The normalized spacial score (nSPS) is 17.1. The average molecular weight is 223 g/mol. The number of rotatable bonds is 3. The number of benzene rings is 1. The maximum atomic E-state index is 12.0. The summed E-state index contributed by atoms with van der Waals surface area (Å²) in [6, 6.07) is 12.0. The maximum Gasteiger partial charge on any atom is 0.165 e. The molecule has 0 saturated carbocycles. The monoisotopic (exact) mass is 223 g/mol. The number of nitrogens with zero attached hydrogens (tertiary/aromatic N) is 1. The SMILES string of the molecule is O=C(CC1Cc2ccccc21)c1cccnc1. The molecule has 1 aliphatic carbocycles. The van der Waals surface area contributed by atoms with Crippen LogP contribution in [0.15, 0.2) is 48.8 Å². The topological polar surface area (TPSA) is 30.0 Å². The molecule has 0 spiro atoms. The molecular formula is C15H13NO. The zero-order valence-corrected chi connectivity index (χ0v) is 9.47. The van der Waals surface area contributed by atoms with Crippen LogP contribution >= 0.6 is 0 Å². The van der Waals surface area contributed by atoms with Crippen LogP contribution in [0.25, 0.3) is 0 Å². The number of pyridine rings is 1. The van der Waals surface area contributed by atoms with Crippen LogP contribution in [0.1, 0.15) is 33.8 Å². The van der Waals surface area contributed by atoms with E-state index in [0.717, 1.165) is 12.0 Å². The predicted molar refractivity (Wildman–Crippen MR) is 66.1 cm³/mol. The molecule has 0 N–H and O–H groups in total. The summed E-state index contributed by atoms with van der Waals surface area (Å²) < 4.78 is 0. The van der Waals surface area contributed by atoms with Gasteiger partial charge in [-0.15, -0.1) is 0 Å². The number of hydrogen-bond acceptors (Lipinski definition) is 2. The van der Waals surface area contributed by atoms with E-state index >= 15 is 0 Å². The third kappa shape index (κ3) is 1.86. The molecule has 17 heavy (non-hydrogen) atoms. The Bertz CT molecular complexity index is 548. The zero-order chi connectivity index (χ0) is 11.7. The highest BCUT2D eigenvalue weighted by molar-refractivity contribution is 5.96. The molecule has 0 saturated heterocycles. The van der Waals surface area contributed by atoms with Crippen LogP contribution in [-0.2, 0) is 6.42 Å². The van der Waals surface area contributed by atoms with Gasteiger partial charge >= 0.3 is 0 Å². The van der Waals surface area contributed by atoms with Crippen LogP contribution < -0.4 is 0 Å². The van der Waals surface area contributed by atoms with E-state index in [-0.39, 0.29) is 5.78 Å². The molecular weight excluding hydrogens is 210 g/mol. The molecule has 84 valence electrons. The zero-order valence-electron chi connectivity index (χ0n) is 9.47. The highest BCUT2D eigenvalue weighted by atomic mass is 16.1. The van der Waals surface area contributed by atoms with E-state index in [4.69, 9.17) is 0 Å². The second-order valence-electron chi connectivity index (χ2n) is 4.47. The van der Waals surface area contributed by atoms with Crippen molar-refractivity contribution in [2.45, 2.75) is 18.8 Å². The van der Waals surface area contributed by atoms with Gasteiger partial charge in [0.25, 0.3) is 0 Å². The summed E-state index contributed by atoms with van der Waals surface area (Å²) in [5.74, 6) is 0.594. The van der Waals surface area contributed by atoms with Crippen molar-refractivity contribution >= 4 is 5.78 Å². The lowest BCUT2D eigenvalue weighted by atomic mass is 9.74. The summed E-state index contributed by atoms with van der Waals surface area (Å²) in [5.41, 5.74) is 3.44. The third-order valence-electron chi connectivity index (χ3n) is 3.38. The Morgan fingerprint density at radius 1 is 1.24 bits per heavy atom. The van der Waals surface area contributed by atoms with Crippen LogP contribution in [0.3, 0.4) is 0 Å². The highest BCUT2D eigenvalue weighted by Crippen LogP contribution is 2.37. The van der Waals surface area contributed by atoms with Crippen molar-refractivity contribution in [2.75, 3.05) is 0 Å². The number of ketones is 1. The lowest BCUT2D eigenvalue weighted by Crippen LogP contribution is -2.20. The van der Waals surface area contributed by atoms with Gasteiger partial charge in [-0.1, -0.05) is 24.3 Å². The number of carbonyl (C=O) groups is 1. The third-order valence-corrected chi connectivity index (χ3v) is 3.38. The van der Waals surface area contributed by atoms with Gasteiger partial charge in [-0.25, -0.2) is 0 Å². The summed E-state index contributed by atoms with van der Waals surface area (Å²) in [6.07, 6.45) is 4.97. The number of hydrogen-bond donors (Lipinski definition) is 0. The van der Waals surface area contributed by atoms with Crippen LogP contribution in [0.4, 0.5) is 0 Å². The van der Waals surface area contributed by atoms with Gasteiger partial charge in [0, 0.05) is 24.4 Å². The maximum absolute atomic E-state index is 12.0. The Labute approximate surface area is 100 Å². The molecule has 1 unspecified atom stereocenters. The fourth-order valence-electron chi connectivity index (χ4n) is 2.41. The minimum atomic E-state index is 0.192. The highest BCUT2D eigenvalue weighted by Gasteiger charge is 2.27. The lowest BCUT2D eigenvalue weighted by molar-refractivity contribution is 0.0970. The quantitative estimate of drug-likeness (QED) is 0.749. The summed E-state index contributed by atoms with van der Waals surface area (Å²) >= 11 is 0. The smallest absolute Gasteiger partial charge is 0.165 e. The fourth-order valence-corrected chi connectivity index (χ4v) is 2.41. The molecule has 1 heterocycles. The van der Waals surface area contributed by atoms with Gasteiger partial charge in [0.15, 0.2) is 5.78 Å². The molecule has 3 rings (SSSR count). The molecule has 0 aliphatic heterocycles.